The molecular formula is C10H12N2O4. The van der Waals surface area contributed by atoms with Crippen LogP contribution in [0.2, 0.25) is 0 Å². The minimum atomic E-state index is -1.11. The molecule has 0 saturated carbocycles. The van der Waals surface area contributed by atoms with E-state index in [1.54, 1.807) is 6.92 Å². The highest BCUT2D eigenvalue weighted by atomic mass is 16.5. The smallest absolute Gasteiger partial charge is 0.412 e. The molecule has 1 rings (SSSR count). The molecule has 0 atom stereocenters. The second-order valence-electron chi connectivity index (χ2n) is 3.02. The number of H-pyrrole nitrogens is 1. The van der Waals surface area contributed by atoms with Gasteiger partial charge in [-0.1, -0.05) is 12.7 Å². The number of nitrogens with one attached hydrogen (secondary N) is 2. The Labute approximate surface area is 91.9 Å². The van der Waals surface area contributed by atoms with Gasteiger partial charge in [0, 0.05) is 11.9 Å². The Morgan fingerprint density at radius 1 is 1.69 bits per heavy atom. The summed E-state index contributed by atoms with van der Waals surface area (Å²) >= 11 is 0. The summed E-state index contributed by atoms with van der Waals surface area (Å²) in [5.74, 6) is -1.11. The number of carboxylic acids is 1. The molecule has 0 aliphatic heterocycles. The SMILES string of the molecule is C=CCOC(=O)Nc1c[nH]c(C)c1C(=O)O. The number of amides is 1. The first-order valence-electron chi connectivity index (χ1n) is 4.52. The molecule has 16 heavy (non-hydrogen) atoms. The van der Waals surface area contributed by atoms with E-state index in [0.29, 0.717) is 5.69 Å². The summed E-state index contributed by atoms with van der Waals surface area (Å²) in [5.41, 5.74) is 0.668. The van der Waals surface area contributed by atoms with E-state index < -0.39 is 12.1 Å². The van der Waals surface area contributed by atoms with Gasteiger partial charge in [0.2, 0.25) is 0 Å². The first-order valence-corrected chi connectivity index (χ1v) is 4.52. The number of carbonyl (C=O) groups is 2. The fourth-order valence-electron chi connectivity index (χ4n) is 1.18. The van der Waals surface area contributed by atoms with Gasteiger partial charge in [-0.3, -0.25) is 5.32 Å². The van der Waals surface area contributed by atoms with Gasteiger partial charge in [0.05, 0.1) is 5.69 Å². The maximum Gasteiger partial charge on any atom is 0.412 e. The van der Waals surface area contributed by atoms with E-state index in [4.69, 9.17) is 5.11 Å². The topological polar surface area (TPSA) is 91.4 Å². The fourth-order valence-corrected chi connectivity index (χ4v) is 1.18. The Kier molecular flexibility index (Phi) is 3.71. The van der Waals surface area contributed by atoms with Gasteiger partial charge in [-0.15, -0.1) is 0 Å². The molecule has 0 radical (unpaired) electrons. The molecule has 0 fully saturated rings. The lowest BCUT2D eigenvalue weighted by Gasteiger charge is -2.04. The largest absolute Gasteiger partial charge is 0.478 e. The molecular weight excluding hydrogens is 212 g/mol. The van der Waals surface area contributed by atoms with Crippen LogP contribution in [0.15, 0.2) is 18.9 Å². The highest BCUT2D eigenvalue weighted by Gasteiger charge is 2.17. The highest BCUT2D eigenvalue weighted by molar-refractivity contribution is 5.99. The van der Waals surface area contributed by atoms with Crippen LogP contribution in [0.1, 0.15) is 16.1 Å². The second kappa shape index (κ2) is 5.01. The Morgan fingerprint density at radius 2 is 2.38 bits per heavy atom. The number of anilines is 1. The molecule has 0 aromatic carbocycles. The van der Waals surface area contributed by atoms with Crippen LogP contribution in [0, 0.1) is 6.92 Å². The van der Waals surface area contributed by atoms with Crippen molar-refractivity contribution >= 4 is 17.7 Å². The monoisotopic (exact) mass is 224 g/mol. The zero-order chi connectivity index (χ0) is 12.1. The van der Waals surface area contributed by atoms with Gasteiger partial charge < -0.3 is 14.8 Å². The third kappa shape index (κ3) is 2.63. The molecule has 6 heteroatoms. The molecule has 1 amide bonds. The molecule has 1 heterocycles. The molecule has 86 valence electrons. The van der Waals surface area contributed by atoms with Gasteiger partial charge in [0.15, 0.2) is 0 Å². The van der Waals surface area contributed by atoms with Gasteiger partial charge >= 0.3 is 12.1 Å². The van der Waals surface area contributed by atoms with E-state index in [2.05, 4.69) is 21.6 Å². The van der Waals surface area contributed by atoms with Crippen LogP contribution in [0.4, 0.5) is 10.5 Å². The van der Waals surface area contributed by atoms with Crippen molar-refractivity contribution < 1.29 is 19.4 Å². The van der Waals surface area contributed by atoms with Crippen molar-refractivity contribution in [3.8, 4) is 0 Å². The lowest BCUT2D eigenvalue weighted by atomic mass is 10.2. The first-order chi connectivity index (χ1) is 7.56. The van der Waals surface area contributed by atoms with Crippen molar-refractivity contribution in [3.63, 3.8) is 0 Å². The lowest BCUT2D eigenvalue weighted by molar-refractivity contribution is 0.0697. The molecule has 1 aromatic heterocycles. The van der Waals surface area contributed by atoms with Crippen LogP contribution in [0.5, 0.6) is 0 Å². The minimum absolute atomic E-state index is 0.0237. The number of aromatic carboxylic acids is 1. The minimum Gasteiger partial charge on any atom is -0.478 e. The molecule has 3 N–H and O–H groups in total. The normalized spacial score (nSPS) is 9.56. The summed E-state index contributed by atoms with van der Waals surface area (Å²) in [6, 6.07) is 0. The van der Waals surface area contributed by atoms with Crippen molar-refractivity contribution in [2.45, 2.75) is 6.92 Å². The summed E-state index contributed by atoms with van der Waals surface area (Å²) in [6.07, 6.45) is 2.09. The van der Waals surface area contributed by atoms with E-state index >= 15 is 0 Å². The highest BCUT2D eigenvalue weighted by Crippen LogP contribution is 2.19. The number of aryl methyl sites for hydroxylation is 1. The molecule has 0 bridgehead atoms. The van der Waals surface area contributed by atoms with Gasteiger partial charge in [-0.25, -0.2) is 9.59 Å². The summed E-state index contributed by atoms with van der Waals surface area (Å²) in [7, 11) is 0. The third-order valence-corrected chi connectivity index (χ3v) is 1.86. The predicted octanol–water partition coefficient (Wildman–Crippen LogP) is 1.76. The summed E-state index contributed by atoms with van der Waals surface area (Å²) < 4.78 is 4.66. The summed E-state index contributed by atoms with van der Waals surface area (Å²) in [6.45, 7) is 5.05. The van der Waals surface area contributed by atoms with Crippen molar-refractivity contribution in [1.82, 2.24) is 4.98 Å². The van der Waals surface area contributed by atoms with Crippen molar-refractivity contribution in [3.05, 3.63) is 30.1 Å². The van der Waals surface area contributed by atoms with Crippen LogP contribution in [0.3, 0.4) is 0 Å². The van der Waals surface area contributed by atoms with Gasteiger partial charge in [-0.2, -0.15) is 0 Å². The average molecular weight is 224 g/mol. The van der Waals surface area contributed by atoms with E-state index in [-0.39, 0.29) is 17.9 Å². The summed E-state index contributed by atoms with van der Waals surface area (Å²) in [4.78, 5) is 24.7. The van der Waals surface area contributed by atoms with Crippen LogP contribution in [0.25, 0.3) is 0 Å². The van der Waals surface area contributed by atoms with Gasteiger partial charge in [0.25, 0.3) is 0 Å². The van der Waals surface area contributed by atoms with E-state index in [1.165, 1.54) is 12.3 Å². The van der Waals surface area contributed by atoms with Crippen LogP contribution < -0.4 is 5.32 Å². The van der Waals surface area contributed by atoms with Crippen LogP contribution >= 0.6 is 0 Å². The Bertz CT molecular complexity index is 422. The van der Waals surface area contributed by atoms with Crippen molar-refractivity contribution in [2.24, 2.45) is 0 Å². The van der Waals surface area contributed by atoms with E-state index in [9.17, 15) is 9.59 Å². The number of hydrogen-bond acceptors (Lipinski definition) is 3. The van der Waals surface area contributed by atoms with Gasteiger partial charge in [-0.05, 0) is 6.92 Å². The van der Waals surface area contributed by atoms with Crippen molar-refractivity contribution in [1.29, 1.82) is 0 Å². The number of carbonyl (C=O) groups excluding carboxylic acids is 1. The van der Waals surface area contributed by atoms with Crippen molar-refractivity contribution in [2.75, 3.05) is 11.9 Å². The zero-order valence-electron chi connectivity index (χ0n) is 8.74. The van der Waals surface area contributed by atoms with Crippen LogP contribution in [-0.4, -0.2) is 28.8 Å². The quantitative estimate of drug-likeness (QED) is 0.679. The predicted molar refractivity (Wildman–Crippen MR) is 57.7 cm³/mol. The zero-order valence-corrected chi connectivity index (χ0v) is 8.74. The number of aromatic amines is 1. The fraction of sp³-hybridized carbons (Fsp3) is 0.200. The number of carboxylic acid groups (broad SMARTS) is 1. The lowest BCUT2D eigenvalue weighted by Crippen LogP contribution is -2.15. The molecule has 0 spiro atoms. The van der Waals surface area contributed by atoms with E-state index in [1.807, 2.05) is 0 Å². The standard InChI is InChI=1S/C10H12N2O4/c1-3-4-16-10(15)12-7-5-11-6(2)8(7)9(13)14/h3,5,11H,1,4H2,2H3,(H,12,15)(H,13,14). The first kappa shape index (κ1) is 11.8. The maximum absolute atomic E-state index is 11.2. The molecule has 0 aliphatic rings. The maximum atomic E-state index is 11.2. The number of hydrogen-bond donors (Lipinski definition) is 3. The molecule has 6 nitrogen and oxygen atoms in total. The second-order valence-corrected chi connectivity index (χ2v) is 3.02. The number of rotatable bonds is 4. The van der Waals surface area contributed by atoms with E-state index in [0.717, 1.165) is 0 Å². The van der Waals surface area contributed by atoms with Crippen LogP contribution in [-0.2, 0) is 4.74 Å². The third-order valence-electron chi connectivity index (χ3n) is 1.86. The Balaban J connectivity index is 2.77. The molecule has 0 saturated heterocycles. The Morgan fingerprint density at radius 3 is 2.94 bits per heavy atom. The Hall–Kier alpha value is -2.24. The molecule has 1 aromatic rings. The average Bonchev–Trinajstić information content (AvgIpc) is 2.56. The van der Waals surface area contributed by atoms with Gasteiger partial charge in [0.1, 0.15) is 12.2 Å². The number of ether oxygens (including phenoxy) is 1. The number of aromatic nitrogens is 1. The summed E-state index contributed by atoms with van der Waals surface area (Å²) in [5, 5.41) is 11.2. The molecule has 0 aliphatic carbocycles. The molecule has 0 unspecified atom stereocenters.